The largest absolute Gasteiger partial charge is 0.417 e. The van der Waals surface area contributed by atoms with Gasteiger partial charge in [-0.2, -0.15) is 26.3 Å². The monoisotopic (exact) mass is 306 g/mol. The summed E-state index contributed by atoms with van der Waals surface area (Å²) in [4.78, 5) is 0. The van der Waals surface area contributed by atoms with Crippen molar-refractivity contribution in [3.8, 4) is 0 Å². The SMILES string of the molecule is FC(F)(F)Cc1cccc(C(F)(F)F)c1Br. The second-order valence-electron chi connectivity index (χ2n) is 3.07. The summed E-state index contributed by atoms with van der Waals surface area (Å²) in [5.74, 6) is 0. The van der Waals surface area contributed by atoms with E-state index in [9.17, 15) is 26.3 Å². The molecule has 0 aromatic heterocycles. The van der Waals surface area contributed by atoms with E-state index in [0.29, 0.717) is 0 Å². The number of hydrogen-bond donors (Lipinski definition) is 0. The second kappa shape index (κ2) is 4.27. The van der Waals surface area contributed by atoms with Crippen molar-refractivity contribution in [2.45, 2.75) is 18.8 Å². The Bertz CT molecular complexity index is 379. The van der Waals surface area contributed by atoms with E-state index in [4.69, 9.17) is 0 Å². The smallest absolute Gasteiger partial charge is 0.171 e. The summed E-state index contributed by atoms with van der Waals surface area (Å²) in [6.45, 7) is 0. The number of hydrogen-bond acceptors (Lipinski definition) is 0. The molecule has 0 spiro atoms. The van der Waals surface area contributed by atoms with E-state index in [0.717, 1.165) is 18.2 Å². The molecule has 7 heteroatoms. The first-order chi connectivity index (χ1) is 7.11. The lowest BCUT2D eigenvalue weighted by Gasteiger charge is -2.13. The Hall–Kier alpha value is -0.720. The summed E-state index contributed by atoms with van der Waals surface area (Å²) in [7, 11) is 0. The van der Waals surface area contributed by atoms with Crippen molar-refractivity contribution in [2.24, 2.45) is 0 Å². The lowest BCUT2D eigenvalue weighted by molar-refractivity contribution is -0.139. The lowest BCUT2D eigenvalue weighted by atomic mass is 10.1. The highest BCUT2D eigenvalue weighted by atomic mass is 79.9. The molecule has 0 N–H and O–H groups in total. The Labute approximate surface area is 95.4 Å². The standard InChI is InChI=1S/C9H5BrF6/c10-7-5(4-8(11,12)13)2-1-3-6(7)9(14,15)16/h1-3H,4H2. The van der Waals surface area contributed by atoms with E-state index in [2.05, 4.69) is 15.9 Å². The summed E-state index contributed by atoms with van der Waals surface area (Å²) >= 11 is 2.55. The molecule has 0 aliphatic carbocycles. The highest BCUT2D eigenvalue weighted by Gasteiger charge is 2.35. The van der Waals surface area contributed by atoms with Gasteiger partial charge in [0.1, 0.15) is 0 Å². The zero-order valence-electron chi connectivity index (χ0n) is 7.58. The Kier molecular flexibility index (Phi) is 3.56. The number of halogens is 7. The molecule has 0 atom stereocenters. The van der Waals surface area contributed by atoms with Crippen molar-refractivity contribution >= 4 is 15.9 Å². The minimum absolute atomic E-state index is 0.428. The van der Waals surface area contributed by atoms with Crippen LogP contribution in [0.3, 0.4) is 0 Å². The zero-order valence-corrected chi connectivity index (χ0v) is 9.17. The molecule has 0 amide bonds. The predicted molar refractivity (Wildman–Crippen MR) is 48.9 cm³/mol. The second-order valence-corrected chi connectivity index (χ2v) is 3.86. The van der Waals surface area contributed by atoms with Crippen LogP contribution in [0.4, 0.5) is 26.3 Å². The third-order valence-corrected chi connectivity index (χ3v) is 2.71. The van der Waals surface area contributed by atoms with Crippen LogP contribution in [0.25, 0.3) is 0 Å². The normalized spacial score (nSPS) is 12.9. The number of rotatable bonds is 1. The van der Waals surface area contributed by atoms with E-state index in [1.165, 1.54) is 0 Å². The minimum Gasteiger partial charge on any atom is -0.171 e. The summed E-state index contributed by atoms with van der Waals surface area (Å²) in [5, 5.41) is 0. The molecule has 0 nitrogen and oxygen atoms in total. The summed E-state index contributed by atoms with van der Waals surface area (Å²) < 4.78 is 72.6. The van der Waals surface area contributed by atoms with Gasteiger partial charge in [0.2, 0.25) is 0 Å². The third-order valence-electron chi connectivity index (χ3n) is 1.77. The van der Waals surface area contributed by atoms with Crippen molar-refractivity contribution in [1.29, 1.82) is 0 Å². The van der Waals surface area contributed by atoms with E-state index in [1.807, 2.05) is 0 Å². The highest BCUT2D eigenvalue weighted by molar-refractivity contribution is 9.10. The van der Waals surface area contributed by atoms with Crippen LogP contribution in [0.15, 0.2) is 22.7 Å². The molecule has 0 unspecified atom stereocenters. The van der Waals surface area contributed by atoms with Gasteiger partial charge in [0.05, 0.1) is 12.0 Å². The van der Waals surface area contributed by atoms with Gasteiger partial charge in [-0.25, -0.2) is 0 Å². The fourth-order valence-electron chi connectivity index (χ4n) is 1.15. The molecule has 1 aromatic carbocycles. The lowest BCUT2D eigenvalue weighted by Crippen LogP contribution is -2.14. The molecule has 16 heavy (non-hydrogen) atoms. The fourth-order valence-corrected chi connectivity index (χ4v) is 1.78. The first kappa shape index (κ1) is 13.3. The Morgan fingerprint density at radius 1 is 1.00 bits per heavy atom. The van der Waals surface area contributed by atoms with Crippen molar-refractivity contribution in [1.82, 2.24) is 0 Å². The highest BCUT2D eigenvalue weighted by Crippen LogP contribution is 2.37. The topological polar surface area (TPSA) is 0 Å². The molecule has 0 fully saturated rings. The molecule has 0 saturated carbocycles. The maximum absolute atomic E-state index is 12.4. The van der Waals surface area contributed by atoms with Gasteiger partial charge in [0, 0.05) is 4.47 Å². The molecule has 0 aliphatic heterocycles. The molecule has 90 valence electrons. The van der Waals surface area contributed by atoms with Gasteiger partial charge < -0.3 is 0 Å². The van der Waals surface area contributed by atoms with Crippen molar-refractivity contribution in [2.75, 3.05) is 0 Å². The van der Waals surface area contributed by atoms with Crippen LogP contribution in [0.1, 0.15) is 11.1 Å². The first-order valence-corrected chi connectivity index (χ1v) is 4.82. The average Bonchev–Trinajstić information content (AvgIpc) is 2.04. The molecular formula is C9H5BrF6. The quantitative estimate of drug-likeness (QED) is 0.667. The van der Waals surface area contributed by atoms with Crippen LogP contribution in [-0.2, 0) is 12.6 Å². The number of benzene rings is 1. The molecule has 1 aromatic rings. The van der Waals surface area contributed by atoms with E-state index < -0.39 is 34.4 Å². The fraction of sp³-hybridized carbons (Fsp3) is 0.333. The maximum atomic E-state index is 12.4. The van der Waals surface area contributed by atoms with Crippen molar-refractivity contribution in [3.05, 3.63) is 33.8 Å². The van der Waals surface area contributed by atoms with Crippen LogP contribution in [0.5, 0.6) is 0 Å². The van der Waals surface area contributed by atoms with E-state index in [1.54, 1.807) is 0 Å². The van der Waals surface area contributed by atoms with Crippen LogP contribution in [-0.4, -0.2) is 6.18 Å². The van der Waals surface area contributed by atoms with Gasteiger partial charge in [-0.3, -0.25) is 0 Å². The minimum atomic E-state index is -4.67. The molecule has 0 heterocycles. The van der Waals surface area contributed by atoms with Gasteiger partial charge in [-0.05, 0) is 27.6 Å². The Balaban J connectivity index is 3.15. The first-order valence-electron chi connectivity index (χ1n) is 4.02. The summed E-state index contributed by atoms with van der Waals surface area (Å²) in [6, 6.07) is 2.69. The Morgan fingerprint density at radius 3 is 2.00 bits per heavy atom. The summed E-state index contributed by atoms with van der Waals surface area (Å²) in [6.07, 6.45) is -10.6. The maximum Gasteiger partial charge on any atom is 0.417 e. The van der Waals surface area contributed by atoms with Gasteiger partial charge in [0.25, 0.3) is 0 Å². The molecule has 1 rings (SSSR count). The average molecular weight is 307 g/mol. The van der Waals surface area contributed by atoms with Crippen molar-refractivity contribution in [3.63, 3.8) is 0 Å². The van der Waals surface area contributed by atoms with Gasteiger partial charge in [-0.15, -0.1) is 0 Å². The van der Waals surface area contributed by atoms with Crippen LogP contribution >= 0.6 is 15.9 Å². The van der Waals surface area contributed by atoms with E-state index >= 15 is 0 Å². The molecular weight excluding hydrogens is 302 g/mol. The van der Waals surface area contributed by atoms with Gasteiger partial charge in [-0.1, -0.05) is 12.1 Å². The van der Waals surface area contributed by atoms with Crippen LogP contribution < -0.4 is 0 Å². The van der Waals surface area contributed by atoms with Gasteiger partial charge in [0.15, 0.2) is 0 Å². The molecule has 0 bridgehead atoms. The summed E-state index contributed by atoms with van der Waals surface area (Å²) in [5.41, 5.74) is -1.53. The number of alkyl halides is 6. The van der Waals surface area contributed by atoms with Crippen molar-refractivity contribution < 1.29 is 26.3 Å². The third kappa shape index (κ3) is 3.40. The van der Waals surface area contributed by atoms with Gasteiger partial charge >= 0.3 is 12.4 Å². The molecule has 0 saturated heterocycles. The van der Waals surface area contributed by atoms with Crippen LogP contribution in [0, 0.1) is 0 Å². The predicted octanol–water partition coefficient (Wildman–Crippen LogP) is 4.57. The molecule has 0 aliphatic rings. The van der Waals surface area contributed by atoms with Crippen LogP contribution in [0.2, 0.25) is 0 Å². The molecule has 0 radical (unpaired) electrons. The Morgan fingerprint density at radius 2 is 1.56 bits per heavy atom. The zero-order chi connectivity index (χ0) is 12.6. The van der Waals surface area contributed by atoms with E-state index in [-0.39, 0.29) is 0 Å².